The molecule has 32 heavy (non-hydrogen) atoms. The van der Waals surface area contributed by atoms with Crippen LogP contribution in [-0.2, 0) is 15.6 Å². The zero-order chi connectivity index (χ0) is 23.4. The van der Waals surface area contributed by atoms with E-state index in [0.29, 0.717) is 22.8 Å². The van der Waals surface area contributed by atoms with Crippen molar-refractivity contribution < 1.29 is 13.8 Å². The van der Waals surface area contributed by atoms with E-state index in [1.165, 1.54) is 12.1 Å². The number of hydrogen-bond donors (Lipinski definition) is 2. The molecule has 2 N–H and O–H groups in total. The van der Waals surface area contributed by atoms with Crippen LogP contribution in [0, 0.1) is 5.92 Å². The normalized spacial score (nSPS) is 25.6. The maximum atomic E-state index is 12.9. The van der Waals surface area contributed by atoms with Gasteiger partial charge in [-0.25, -0.2) is 0 Å². The van der Waals surface area contributed by atoms with Gasteiger partial charge in [-0.3, -0.25) is 13.8 Å². The molecule has 0 bridgehead atoms. The van der Waals surface area contributed by atoms with Crippen molar-refractivity contribution in [3.8, 4) is 0 Å². The number of carbonyl (C=O) groups excluding carboxylic acids is 2. The summed E-state index contributed by atoms with van der Waals surface area (Å²) in [6, 6.07) is 7.52. The smallest absolute Gasteiger partial charge is 0.253 e. The predicted octanol–water partition coefficient (Wildman–Crippen LogP) is 5.69. The summed E-state index contributed by atoms with van der Waals surface area (Å²) in [5.41, 5.74) is 1.13. The summed E-state index contributed by atoms with van der Waals surface area (Å²) in [4.78, 5) is 25.4. The zero-order valence-corrected chi connectivity index (χ0v) is 21.3. The van der Waals surface area contributed by atoms with Crippen molar-refractivity contribution in [2.45, 2.75) is 16.3 Å². The van der Waals surface area contributed by atoms with Gasteiger partial charge in [-0.1, -0.05) is 46.4 Å². The molecule has 1 heterocycles. The summed E-state index contributed by atoms with van der Waals surface area (Å²) in [5, 5.41) is 6.38. The Hall–Kier alpha value is -0.730. The molecule has 1 aliphatic carbocycles. The summed E-state index contributed by atoms with van der Waals surface area (Å²) in [6.45, 7) is 0. The largest absolute Gasteiger partial charge is 0.347 e. The fourth-order valence-corrected chi connectivity index (χ4v) is 6.18. The molecule has 5 nitrogen and oxygen atoms in total. The molecule has 0 aromatic heterocycles. The van der Waals surface area contributed by atoms with Gasteiger partial charge in [0.2, 0.25) is 5.91 Å². The summed E-state index contributed by atoms with van der Waals surface area (Å²) < 4.78 is 9.85. The van der Waals surface area contributed by atoms with Gasteiger partial charge >= 0.3 is 0 Å². The first-order chi connectivity index (χ1) is 15.0. The molecule has 0 unspecified atom stereocenters. The van der Waals surface area contributed by atoms with E-state index >= 15 is 0 Å². The van der Waals surface area contributed by atoms with Crippen LogP contribution in [0.25, 0.3) is 0 Å². The van der Waals surface area contributed by atoms with E-state index in [9.17, 15) is 13.8 Å². The highest BCUT2D eigenvalue weighted by Crippen LogP contribution is 2.65. The van der Waals surface area contributed by atoms with Gasteiger partial charge in [0.15, 0.2) is 0 Å². The molecule has 2 amide bonds. The van der Waals surface area contributed by atoms with E-state index in [-0.39, 0.29) is 31.7 Å². The Labute approximate surface area is 216 Å². The van der Waals surface area contributed by atoms with Gasteiger partial charge in [0.1, 0.15) is 4.33 Å². The van der Waals surface area contributed by atoms with E-state index < -0.39 is 38.8 Å². The molecule has 0 radical (unpaired) electrons. The van der Waals surface area contributed by atoms with Crippen molar-refractivity contribution in [1.82, 2.24) is 5.32 Å². The minimum Gasteiger partial charge on any atom is -0.347 e. The summed E-state index contributed by atoms with van der Waals surface area (Å²) >= 11 is 37.1. The zero-order valence-electron chi connectivity index (χ0n) is 15.9. The maximum absolute atomic E-state index is 12.9. The van der Waals surface area contributed by atoms with Crippen molar-refractivity contribution in [2.24, 2.45) is 5.92 Å². The molecule has 1 saturated carbocycles. The van der Waals surface area contributed by atoms with E-state index in [1.807, 2.05) is 0 Å². The Morgan fingerprint density at radius 2 is 1.59 bits per heavy atom. The molecular formula is C20H14Cl6N2O3S. The second kappa shape index (κ2) is 9.14. The number of halogens is 6. The van der Waals surface area contributed by atoms with Gasteiger partial charge < -0.3 is 10.6 Å². The van der Waals surface area contributed by atoms with Crippen molar-refractivity contribution in [3.63, 3.8) is 0 Å². The summed E-state index contributed by atoms with van der Waals surface area (Å²) in [7, 11) is -0.896. The third-order valence-electron chi connectivity index (χ3n) is 5.29. The molecule has 2 aliphatic rings. The van der Waals surface area contributed by atoms with Crippen molar-refractivity contribution >= 4 is 97.9 Å². The Bertz CT molecular complexity index is 1130. The maximum Gasteiger partial charge on any atom is 0.253 e. The molecular weight excluding hydrogens is 561 g/mol. The first kappa shape index (κ1) is 24.4. The van der Waals surface area contributed by atoms with Gasteiger partial charge in [0.25, 0.3) is 5.91 Å². The average molecular weight is 575 g/mol. The van der Waals surface area contributed by atoms with E-state index in [0.717, 1.165) is 0 Å². The molecule has 170 valence electrons. The standard InChI is InChI=1S/C20H14Cl6N2O3S/c21-12-2-1-9(5-11(12)18(29)28-10-6-32(31)7-10)27-19(30)16-15(20(16,25)26)8-3-13(22)17(24)14(23)4-8/h1-5,10,15-16H,6-7H2,(H,27,30)(H,28,29)/t10?,15-,16+,32?/m0/s1. The second-order valence-corrected chi connectivity index (χ2v) is 12.1. The van der Waals surface area contributed by atoms with Crippen molar-refractivity contribution in [2.75, 3.05) is 16.8 Å². The first-order valence-electron chi connectivity index (χ1n) is 9.27. The van der Waals surface area contributed by atoms with Crippen LogP contribution in [-0.4, -0.2) is 37.9 Å². The number of alkyl halides is 2. The average Bonchev–Trinajstić information content (AvgIpc) is 3.28. The summed E-state index contributed by atoms with van der Waals surface area (Å²) in [6.07, 6.45) is 0. The van der Waals surface area contributed by atoms with Crippen LogP contribution in [0.3, 0.4) is 0 Å². The molecule has 4 rings (SSSR count). The number of benzene rings is 2. The van der Waals surface area contributed by atoms with Crippen LogP contribution in [0.4, 0.5) is 5.69 Å². The molecule has 2 aromatic carbocycles. The number of nitrogens with one attached hydrogen (secondary N) is 2. The molecule has 12 heteroatoms. The van der Waals surface area contributed by atoms with Crippen LogP contribution in [0.5, 0.6) is 0 Å². The predicted molar refractivity (Wildman–Crippen MR) is 131 cm³/mol. The topological polar surface area (TPSA) is 75.3 Å². The lowest BCUT2D eigenvalue weighted by Gasteiger charge is -2.26. The highest BCUT2D eigenvalue weighted by Gasteiger charge is 2.67. The highest BCUT2D eigenvalue weighted by molar-refractivity contribution is 7.86. The van der Waals surface area contributed by atoms with Crippen molar-refractivity contribution in [3.05, 3.63) is 61.5 Å². The van der Waals surface area contributed by atoms with Crippen LogP contribution in [0.2, 0.25) is 20.1 Å². The monoisotopic (exact) mass is 572 g/mol. The summed E-state index contributed by atoms with van der Waals surface area (Å²) in [5.74, 6) is -1.36. The van der Waals surface area contributed by atoms with Crippen LogP contribution < -0.4 is 10.6 Å². The first-order valence-corrected chi connectivity index (χ1v) is 13.0. The fourth-order valence-electron chi connectivity index (χ4n) is 3.57. The van der Waals surface area contributed by atoms with Gasteiger partial charge in [-0.05, 0) is 35.9 Å². The fraction of sp³-hybridized carbons (Fsp3) is 0.300. The van der Waals surface area contributed by atoms with Gasteiger partial charge in [0.05, 0.1) is 37.6 Å². The number of amides is 2. The molecule has 2 fully saturated rings. The quantitative estimate of drug-likeness (QED) is 0.356. The van der Waals surface area contributed by atoms with E-state index in [2.05, 4.69) is 10.6 Å². The molecule has 2 atom stereocenters. The number of carbonyl (C=O) groups is 2. The lowest BCUT2D eigenvalue weighted by atomic mass is 10.1. The highest BCUT2D eigenvalue weighted by atomic mass is 35.5. The lowest BCUT2D eigenvalue weighted by molar-refractivity contribution is -0.117. The minimum absolute atomic E-state index is 0.156. The Morgan fingerprint density at radius 3 is 2.19 bits per heavy atom. The molecule has 1 saturated heterocycles. The number of anilines is 1. The lowest BCUT2D eigenvalue weighted by Crippen LogP contribution is -2.50. The van der Waals surface area contributed by atoms with Gasteiger partial charge in [-0.2, -0.15) is 0 Å². The van der Waals surface area contributed by atoms with Crippen molar-refractivity contribution in [1.29, 1.82) is 0 Å². The van der Waals surface area contributed by atoms with Crippen LogP contribution >= 0.6 is 69.6 Å². The SMILES string of the molecule is O=C(NC1CS(=O)C1)c1cc(NC(=O)[C@H]2[C@H](c3cc(Cl)c(Cl)c(Cl)c3)C2(Cl)Cl)ccc1Cl. The molecule has 1 aliphatic heterocycles. The minimum atomic E-state index is -1.36. The third-order valence-corrected chi connectivity index (χ3v) is 9.30. The number of hydrogen-bond acceptors (Lipinski definition) is 3. The molecule has 0 spiro atoms. The van der Waals surface area contributed by atoms with E-state index in [4.69, 9.17) is 69.6 Å². The Kier molecular flexibility index (Phi) is 6.97. The number of rotatable bonds is 5. The second-order valence-electron chi connectivity index (χ2n) is 7.56. The van der Waals surface area contributed by atoms with Gasteiger partial charge in [-0.15, -0.1) is 23.2 Å². The van der Waals surface area contributed by atoms with Crippen LogP contribution in [0.1, 0.15) is 21.8 Å². The molecule has 2 aromatic rings. The van der Waals surface area contributed by atoms with E-state index in [1.54, 1.807) is 18.2 Å². The Balaban J connectivity index is 1.49. The third kappa shape index (κ3) is 4.74. The van der Waals surface area contributed by atoms with Crippen LogP contribution in [0.15, 0.2) is 30.3 Å². The van der Waals surface area contributed by atoms with Gasteiger partial charge in [0, 0.05) is 33.9 Å². The Morgan fingerprint density at radius 1 is 0.969 bits per heavy atom.